The lowest BCUT2D eigenvalue weighted by molar-refractivity contribution is 0.122. The van der Waals surface area contributed by atoms with Crippen LogP contribution < -0.4 is 20.3 Å². The molecule has 0 bridgehead atoms. The van der Waals surface area contributed by atoms with Gasteiger partial charge < -0.3 is 25.0 Å². The zero-order valence-corrected chi connectivity index (χ0v) is 19.2. The molecule has 2 aromatic rings. The third kappa shape index (κ3) is 7.12. The van der Waals surface area contributed by atoms with Crippen LogP contribution in [0.4, 0.5) is 26.1 Å². The van der Waals surface area contributed by atoms with Crippen LogP contribution in [0.1, 0.15) is 25.7 Å². The van der Waals surface area contributed by atoms with E-state index in [0.717, 1.165) is 63.4 Å². The van der Waals surface area contributed by atoms with Gasteiger partial charge in [-0.15, -0.1) is 0 Å². The average Bonchev–Trinajstić information content (AvgIpc) is 2.84. The van der Waals surface area contributed by atoms with Crippen molar-refractivity contribution in [2.24, 2.45) is 5.92 Å². The SMILES string of the molecule is FC(F)CN[C@H]1CC[C@H](COc2nc(Nc3cccc(N4CCOCC4)c3)ncc2Cl)CC1. The maximum absolute atomic E-state index is 12.4. The molecule has 0 atom stereocenters. The van der Waals surface area contributed by atoms with E-state index in [9.17, 15) is 8.78 Å². The molecule has 2 heterocycles. The minimum atomic E-state index is -2.31. The van der Waals surface area contributed by atoms with Crippen molar-refractivity contribution in [1.82, 2.24) is 15.3 Å². The van der Waals surface area contributed by atoms with Gasteiger partial charge in [0.2, 0.25) is 11.8 Å². The lowest BCUT2D eigenvalue weighted by Crippen LogP contribution is -2.37. The molecule has 33 heavy (non-hydrogen) atoms. The first kappa shape index (κ1) is 23.9. The Morgan fingerprint density at radius 3 is 2.73 bits per heavy atom. The summed E-state index contributed by atoms with van der Waals surface area (Å²) in [6.07, 6.45) is 2.79. The molecule has 1 saturated carbocycles. The maximum atomic E-state index is 12.4. The summed E-state index contributed by atoms with van der Waals surface area (Å²) in [5.74, 6) is 1.10. The molecule has 0 amide bonds. The molecule has 180 valence electrons. The highest BCUT2D eigenvalue weighted by Crippen LogP contribution is 2.29. The molecular weight excluding hydrogens is 452 g/mol. The van der Waals surface area contributed by atoms with Crippen molar-refractivity contribution < 1.29 is 18.3 Å². The van der Waals surface area contributed by atoms with Gasteiger partial charge in [0.25, 0.3) is 6.43 Å². The molecule has 0 spiro atoms. The van der Waals surface area contributed by atoms with E-state index in [-0.39, 0.29) is 12.6 Å². The van der Waals surface area contributed by atoms with E-state index in [1.54, 1.807) is 0 Å². The summed E-state index contributed by atoms with van der Waals surface area (Å²) in [4.78, 5) is 11.0. The monoisotopic (exact) mass is 481 g/mol. The molecule has 7 nitrogen and oxygen atoms in total. The third-order valence-corrected chi connectivity index (χ3v) is 6.31. The molecule has 1 aliphatic carbocycles. The van der Waals surface area contributed by atoms with Gasteiger partial charge in [-0.3, -0.25) is 0 Å². The number of hydrogen-bond acceptors (Lipinski definition) is 7. The van der Waals surface area contributed by atoms with Crippen LogP contribution in [0.5, 0.6) is 5.88 Å². The molecule has 0 radical (unpaired) electrons. The molecule has 1 saturated heterocycles. The first-order valence-corrected chi connectivity index (χ1v) is 11.8. The fourth-order valence-electron chi connectivity index (χ4n) is 4.23. The van der Waals surface area contributed by atoms with Crippen LogP contribution in [0.25, 0.3) is 0 Å². The van der Waals surface area contributed by atoms with Crippen molar-refractivity contribution in [1.29, 1.82) is 0 Å². The second-order valence-corrected chi connectivity index (χ2v) is 8.86. The van der Waals surface area contributed by atoms with E-state index < -0.39 is 6.43 Å². The van der Waals surface area contributed by atoms with Gasteiger partial charge in [-0.2, -0.15) is 4.98 Å². The molecular formula is C23H30ClF2N5O2. The highest BCUT2D eigenvalue weighted by Gasteiger charge is 2.23. The van der Waals surface area contributed by atoms with Crippen molar-refractivity contribution in [2.75, 3.05) is 49.7 Å². The van der Waals surface area contributed by atoms with Crippen LogP contribution in [-0.2, 0) is 4.74 Å². The lowest BCUT2D eigenvalue weighted by Gasteiger charge is -2.29. The smallest absolute Gasteiger partial charge is 0.250 e. The number of alkyl halides is 2. The number of nitrogens with one attached hydrogen (secondary N) is 2. The normalized spacial score (nSPS) is 21.3. The van der Waals surface area contributed by atoms with Crippen LogP contribution in [0.15, 0.2) is 30.5 Å². The van der Waals surface area contributed by atoms with Crippen molar-refractivity contribution in [3.05, 3.63) is 35.5 Å². The zero-order chi connectivity index (χ0) is 23.0. The highest BCUT2D eigenvalue weighted by atomic mass is 35.5. The van der Waals surface area contributed by atoms with E-state index in [1.165, 1.54) is 6.20 Å². The van der Waals surface area contributed by atoms with Crippen LogP contribution in [0, 0.1) is 5.92 Å². The number of rotatable bonds is 9. The van der Waals surface area contributed by atoms with Crippen molar-refractivity contribution in [3.8, 4) is 5.88 Å². The molecule has 2 aliphatic rings. The fraction of sp³-hybridized carbons (Fsp3) is 0.565. The van der Waals surface area contributed by atoms with Crippen LogP contribution in [0.2, 0.25) is 5.02 Å². The summed E-state index contributed by atoms with van der Waals surface area (Å²) >= 11 is 6.26. The van der Waals surface area contributed by atoms with Gasteiger partial charge in [0.15, 0.2) is 0 Å². The summed E-state index contributed by atoms with van der Waals surface area (Å²) in [7, 11) is 0. The minimum Gasteiger partial charge on any atom is -0.476 e. The Bertz CT molecular complexity index is 893. The summed E-state index contributed by atoms with van der Waals surface area (Å²) in [5.41, 5.74) is 1.99. The van der Waals surface area contributed by atoms with E-state index in [4.69, 9.17) is 21.1 Å². The van der Waals surface area contributed by atoms with Gasteiger partial charge >= 0.3 is 0 Å². The van der Waals surface area contributed by atoms with E-state index >= 15 is 0 Å². The summed E-state index contributed by atoms with van der Waals surface area (Å²) in [6.45, 7) is 3.43. The number of morpholine rings is 1. The van der Waals surface area contributed by atoms with Gasteiger partial charge in [-0.25, -0.2) is 13.8 Å². The predicted octanol–water partition coefficient (Wildman–Crippen LogP) is 4.50. The Labute approximate surface area is 197 Å². The molecule has 10 heteroatoms. The highest BCUT2D eigenvalue weighted by molar-refractivity contribution is 6.31. The first-order chi connectivity index (χ1) is 16.1. The third-order valence-electron chi connectivity index (χ3n) is 6.05. The standard InChI is InChI=1S/C23H30ClF2N5O2/c24-20-13-28-23(29-18-2-1-3-19(12-18)31-8-10-32-11-9-31)30-22(20)33-15-16-4-6-17(7-5-16)27-14-21(25)26/h1-3,12-13,16-17,21,27H,4-11,14-15H2,(H,28,29,30)/t16-,17-. The van der Waals surface area contributed by atoms with E-state index in [0.29, 0.717) is 29.4 Å². The van der Waals surface area contributed by atoms with Crippen molar-refractivity contribution in [3.63, 3.8) is 0 Å². The number of halogens is 3. The van der Waals surface area contributed by atoms with Gasteiger partial charge in [0, 0.05) is 30.5 Å². The Hall–Kier alpha value is -2.23. The minimum absolute atomic E-state index is 0.155. The quantitative estimate of drug-likeness (QED) is 0.546. The van der Waals surface area contributed by atoms with E-state index in [2.05, 4.69) is 37.6 Å². The zero-order valence-electron chi connectivity index (χ0n) is 18.5. The van der Waals surface area contributed by atoms with Crippen LogP contribution in [0.3, 0.4) is 0 Å². The topological polar surface area (TPSA) is 71.5 Å². The number of anilines is 3. The second-order valence-electron chi connectivity index (χ2n) is 8.45. The first-order valence-electron chi connectivity index (χ1n) is 11.4. The Kier molecular flexibility index (Phi) is 8.52. The Morgan fingerprint density at radius 2 is 1.97 bits per heavy atom. The Morgan fingerprint density at radius 1 is 1.18 bits per heavy atom. The predicted molar refractivity (Wildman–Crippen MR) is 125 cm³/mol. The number of ether oxygens (including phenoxy) is 2. The maximum Gasteiger partial charge on any atom is 0.250 e. The Balaban J connectivity index is 1.30. The number of aromatic nitrogens is 2. The van der Waals surface area contributed by atoms with Gasteiger partial charge in [-0.1, -0.05) is 17.7 Å². The molecule has 2 fully saturated rings. The van der Waals surface area contributed by atoms with Gasteiger partial charge in [-0.05, 0) is 49.8 Å². The molecule has 4 rings (SSSR count). The largest absolute Gasteiger partial charge is 0.476 e. The van der Waals surface area contributed by atoms with Crippen LogP contribution >= 0.6 is 11.6 Å². The van der Waals surface area contributed by atoms with Crippen molar-refractivity contribution >= 4 is 28.9 Å². The summed E-state index contributed by atoms with van der Waals surface area (Å²) < 4.78 is 36.1. The van der Waals surface area contributed by atoms with Crippen molar-refractivity contribution in [2.45, 2.75) is 38.2 Å². The second kappa shape index (κ2) is 11.8. The molecule has 1 aromatic carbocycles. The molecule has 1 aliphatic heterocycles. The van der Waals surface area contributed by atoms with Gasteiger partial charge in [0.05, 0.1) is 32.6 Å². The molecule has 2 N–H and O–H groups in total. The fourth-order valence-corrected chi connectivity index (χ4v) is 4.38. The van der Waals surface area contributed by atoms with Gasteiger partial charge in [0.1, 0.15) is 5.02 Å². The lowest BCUT2D eigenvalue weighted by atomic mass is 9.86. The van der Waals surface area contributed by atoms with E-state index in [1.807, 2.05) is 12.1 Å². The molecule has 0 unspecified atom stereocenters. The van der Waals surface area contributed by atoms with Crippen LogP contribution in [-0.4, -0.2) is 61.9 Å². The number of benzene rings is 1. The number of nitrogens with zero attached hydrogens (tertiary/aromatic N) is 3. The number of hydrogen-bond donors (Lipinski definition) is 2. The summed E-state index contributed by atoms with van der Waals surface area (Å²) in [5, 5.41) is 6.52. The average molecular weight is 482 g/mol. The molecule has 1 aromatic heterocycles. The summed E-state index contributed by atoms with van der Waals surface area (Å²) in [6, 6.07) is 8.24.